The van der Waals surface area contributed by atoms with Crippen LogP contribution in [0.25, 0.3) is 48.0 Å². The highest BCUT2D eigenvalue weighted by Crippen LogP contribution is 2.55. The van der Waals surface area contributed by atoms with E-state index in [1.165, 1.54) is 121 Å². The van der Waals surface area contributed by atoms with E-state index in [1.807, 2.05) is 11.3 Å². The van der Waals surface area contributed by atoms with E-state index in [1.54, 1.807) is 0 Å². The number of thiophene rings is 1. The normalized spacial score (nSPS) is 14.2. The van der Waals surface area contributed by atoms with Gasteiger partial charge in [-0.05, 0) is 118 Å². The number of hydrogen-bond donors (Lipinski definition) is 0. The van der Waals surface area contributed by atoms with Crippen molar-refractivity contribution in [2.24, 2.45) is 0 Å². The van der Waals surface area contributed by atoms with E-state index in [0.717, 1.165) is 5.69 Å². The van der Waals surface area contributed by atoms with Gasteiger partial charge in [0.25, 0.3) is 6.71 Å². The van der Waals surface area contributed by atoms with E-state index in [-0.39, 0.29) is 17.5 Å². The molecule has 2 aromatic heterocycles. The summed E-state index contributed by atoms with van der Waals surface area (Å²) in [5, 5.41) is 3.97. The zero-order valence-corrected chi connectivity index (χ0v) is 38.2. The summed E-state index contributed by atoms with van der Waals surface area (Å²) < 4.78 is 5.30. The summed E-state index contributed by atoms with van der Waals surface area (Å²) in [5.74, 6) is 0. The van der Waals surface area contributed by atoms with Gasteiger partial charge in [-0.3, -0.25) is 0 Å². The molecule has 0 saturated carbocycles. The molecular formula is C59H48BN3S. The van der Waals surface area contributed by atoms with Crippen molar-refractivity contribution in [1.29, 1.82) is 0 Å². The molecule has 0 fully saturated rings. The van der Waals surface area contributed by atoms with Crippen molar-refractivity contribution < 1.29 is 0 Å². The first-order valence-corrected chi connectivity index (χ1v) is 23.5. The van der Waals surface area contributed by atoms with Crippen molar-refractivity contribution in [3.05, 3.63) is 192 Å². The van der Waals surface area contributed by atoms with Crippen molar-refractivity contribution in [3.8, 4) is 16.9 Å². The number of benzene rings is 8. The van der Waals surface area contributed by atoms with Crippen LogP contribution in [0.5, 0.6) is 0 Å². The van der Waals surface area contributed by atoms with Gasteiger partial charge in [-0.2, -0.15) is 0 Å². The number of nitrogens with zero attached hydrogens (tertiary/aromatic N) is 3. The van der Waals surface area contributed by atoms with Crippen molar-refractivity contribution >= 4 is 99.6 Å². The molecule has 3 nitrogen and oxygen atoms in total. The number of aromatic nitrogens is 1. The molecule has 1 aliphatic carbocycles. The van der Waals surface area contributed by atoms with Gasteiger partial charge < -0.3 is 14.4 Å². The second-order valence-corrected chi connectivity index (χ2v) is 20.9. The number of anilines is 6. The van der Waals surface area contributed by atoms with Crippen LogP contribution >= 0.6 is 11.3 Å². The highest BCUT2D eigenvalue weighted by Gasteiger charge is 2.47. The van der Waals surface area contributed by atoms with E-state index in [9.17, 15) is 0 Å². The number of aryl methyl sites for hydroxylation is 2. The van der Waals surface area contributed by atoms with E-state index in [4.69, 9.17) is 0 Å². The minimum atomic E-state index is -0.151. The van der Waals surface area contributed by atoms with Crippen LogP contribution in [-0.2, 0) is 10.8 Å². The predicted octanol–water partition coefficient (Wildman–Crippen LogP) is 14.3. The lowest BCUT2D eigenvalue weighted by Gasteiger charge is -2.42. The molecule has 5 heteroatoms. The van der Waals surface area contributed by atoms with Gasteiger partial charge in [-0.25, -0.2) is 0 Å². The fourth-order valence-corrected chi connectivity index (χ4v) is 12.9. The molecule has 0 N–H and O–H groups in total. The lowest BCUT2D eigenvalue weighted by molar-refractivity contribution is 0.590. The third-order valence-corrected chi connectivity index (χ3v) is 15.9. The standard InChI is InChI=1S/C59H48BN3S/c1-35-18-8-13-25-45(35)61(46-26-14-9-19-36(46)2)38-30-31-43-48(34-38)62(47-27-17-29-52-53(47)40-21-11-15-28-51(40)64-52)49-32-37(58(3,4)5)33-50-55(49)60(43)44-24-16-22-41-54-57(63(50)56(41)44)39-20-10-12-23-42(39)59(54,6)7/h8-34H,1-7H3. The summed E-state index contributed by atoms with van der Waals surface area (Å²) in [6.07, 6.45) is 0. The van der Waals surface area contributed by atoms with E-state index in [0.29, 0.717) is 0 Å². The lowest BCUT2D eigenvalue weighted by Crippen LogP contribution is -2.60. The zero-order valence-electron chi connectivity index (χ0n) is 37.4. The molecule has 3 aliphatic rings. The fraction of sp³-hybridized carbons (Fsp3) is 0.153. The summed E-state index contributed by atoms with van der Waals surface area (Å²) in [7, 11) is 0. The van der Waals surface area contributed by atoms with Gasteiger partial charge in [0.2, 0.25) is 0 Å². The molecule has 13 rings (SSSR count). The average Bonchev–Trinajstić information content (AvgIpc) is 3.93. The molecule has 0 unspecified atom stereocenters. The molecule has 0 bridgehead atoms. The highest BCUT2D eigenvalue weighted by molar-refractivity contribution is 7.26. The number of hydrogen-bond acceptors (Lipinski definition) is 3. The topological polar surface area (TPSA) is 11.4 Å². The van der Waals surface area contributed by atoms with Crippen LogP contribution in [0.15, 0.2) is 164 Å². The number of para-hydroxylation sites is 3. The van der Waals surface area contributed by atoms with Gasteiger partial charge in [-0.1, -0.05) is 144 Å². The van der Waals surface area contributed by atoms with E-state index < -0.39 is 0 Å². The summed E-state index contributed by atoms with van der Waals surface area (Å²) in [4.78, 5) is 5.14. The maximum absolute atomic E-state index is 2.69. The second kappa shape index (κ2) is 13.1. The van der Waals surface area contributed by atoms with Gasteiger partial charge in [0.15, 0.2) is 0 Å². The van der Waals surface area contributed by atoms with Gasteiger partial charge in [0.1, 0.15) is 0 Å². The van der Waals surface area contributed by atoms with Crippen molar-refractivity contribution in [3.63, 3.8) is 0 Å². The smallest absolute Gasteiger partial charge is 0.252 e. The number of fused-ring (bicyclic) bond motifs is 12. The Morgan fingerprint density at radius 3 is 2.00 bits per heavy atom. The van der Waals surface area contributed by atoms with Crippen LogP contribution in [0.1, 0.15) is 62.4 Å². The Morgan fingerprint density at radius 1 is 0.578 bits per heavy atom. The van der Waals surface area contributed by atoms with Crippen molar-refractivity contribution in [2.75, 3.05) is 9.80 Å². The summed E-state index contributed by atoms with van der Waals surface area (Å²) in [6, 6.07) is 62.3. The van der Waals surface area contributed by atoms with Crippen LogP contribution in [0.4, 0.5) is 34.1 Å². The third kappa shape index (κ3) is 4.99. The first-order valence-electron chi connectivity index (χ1n) is 22.7. The first-order chi connectivity index (χ1) is 31.0. The monoisotopic (exact) mass is 841 g/mol. The number of rotatable bonds is 4. The Hall–Kier alpha value is -6.82. The second-order valence-electron chi connectivity index (χ2n) is 19.8. The van der Waals surface area contributed by atoms with Crippen LogP contribution < -0.4 is 26.2 Å². The zero-order chi connectivity index (χ0) is 43.4. The Balaban J connectivity index is 1.19. The Morgan fingerprint density at radius 2 is 1.23 bits per heavy atom. The minimum absolute atomic E-state index is 0.0210. The highest BCUT2D eigenvalue weighted by atomic mass is 32.1. The Labute approximate surface area is 379 Å². The molecule has 0 atom stereocenters. The predicted molar refractivity (Wildman–Crippen MR) is 276 cm³/mol. The molecule has 8 aromatic carbocycles. The van der Waals surface area contributed by atoms with Gasteiger partial charge in [0.05, 0.1) is 11.4 Å². The lowest BCUT2D eigenvalue weighted by atomic mass is 9.33. The van der Waals surface area contributed by atoms with E-state index in [2.05, 4.69) is 227 Å². The SMILES string of the molecule is Cc1ccccc1N(c1ccc2c(c1)N(c1cccc3sc4ccccc4c13)c1cc(C(C)(C)C)cc3c1B2c1cccc2c4c(n-3c12)-c1ccccc1C4(C)C)c1ccccc1C. The molecule has 0 saturated heterocycles. The maximum atomic E-state index is 2.69. The molecule has 0 amide bonds. The Bertz CT molecular complexity index is 3590. The van der Waals surface area contributed by atoms with Crippen LogP contribution in [0.2, 0.25) is 0 Å². The molecule has 308 valence electrons. The van der Waals surface area contributed by atoms with Gasteiger partial charge in [-0.15, -0.1) is 11.3 Å². The molecule has 0 radical (unpaired) electrons. The fourth-order valence-electron chi connectivity index (χ4n) is 11.8. The minimum Gasteiger partial charge on any atom is -0.311 e. The molecule has 4 heterocycles. The van der Waals surface area contributed by atoms with Crippen LogP contribution in [0, 0.1) is 13.8 Å². The molecule has 0 spiro atoms. The molecule has 2 aliphatic heterocycles. The largest absolute Gasteiger partial charge is 0.311 e. The average molecular weight is 842 g/mol. The third-order valence-electron chi connectivity index (χ3n) is 14.7. The molecule has 10 aromatic rings. The van der Waals surface area contributed by atoms with Crippen molar-refractivity contribution in [1.82, 2.24) is 4.57 Å². The summed E-state index contributed by atoms with van der Waals surface area (Å²) >= 11 is 1.89. The van der Waals surface area contributed by atoms with Crippen LogP contribution in [-0.4, -0.2) is 11.3 Å². The summed E-state index contributed by atoms with van der Waals surface area (Å²) in [5.41, 5.74) is 23.0. The van der Waals surface area contributed by atoms with Gasteiger partial charge >= 0.3 is 0 Å². The Kier molecular flexibility index (Phi) is 7.73. The van der Waals surface area contributed by atoms with E-state index >= 15 is 0 Å². The molecule has 64 heavy (non-hydrogen) atoms. The quantitative estimate of drug-likeness (QED) is 0.164. The van der Waals surface area contributed by atoms with Gasteiger partial charge in [0, 0.05) is 76.2 Å². The first kappa shape index (κ1) is 37.7. The maximum Gasteiger partial charge on any atom is 0.252 e. The van der Waals surface area contributed by atoms with Crippen LogP contribution in [0.3, 0.4) is 0 Å². The molecular weight excluding hydrogens is 794 g/mol. The van der Waals surface area contributed by atoms with Crippen molar-refractivity contribution in [2.45, 2.75) is 59.3 Å². The summed E-state index contributed by atoms with van der Waals surface area (Å²) in [6.45, 7) is 16.5.